The molecule has 2 N–H and O–H groups in total. The van der Waals surface area contributed by atoms with E-state index in [9.17, 15) is 19.5 Å². The number of carbonyl (C=O) groups is 3. The van der Waals surface area contributed by atoms with Crippen LogP contribution < -0.4 is 10.1 Å². The van der Waals surface area contributed by atoms with Crippen LogP contribution in [0.2, 0.25) is 0 Å². The summed E-state index contributed by atoms with van der Waals surface area (Å²) in [7, 11) is 1.18. The number of esters is 1. The van der Waals surface area contributed by atoms with Gasteiger partial charge in [-0.2, -0.15) is 0 Å². The number of nitrogens with one attached hydrogen (secondary N) is 1. The molecule has 0 bridgehead atoms. The lowest BCUT2D eigenvalue weighted by Gasteiger charge is -2.39. The maximum Gasteiger partial charge on any atom is 0.336 e. The summed E-state index contributed by atoms with van der Waals surface area (Å²) < 4.78 is 10.5. The summed E-state index contributed by atoms with van der Waals surface area (Å²) in [5.41, 5.74) is 3.61. The smallest absolute Gasteiger partial charge is 0.336 e. The minimum Gasteiger partial charge on any atom is -0.484 e. The molecule has 0 aromatic heterocycles. The van der Waals surface area contributed by atoms with Crippen LogP contribution in [0.1, 0.15) is 33.1 Å². The number of piperazine rings is 1. The summed E-state index contributed by atoms with van der Waals surface area (Å²) in [6.07, 6.45) is -1.30. The average Bonchev–Trinajstić information content (AvgIpc) is 3.11. The highest BCUT2D eigenvalue weighted by Gasteiger charge is 2.30. The lowest BCUT2D eigenvalue weighted by Crippen LogP contribution is -2.51. The normalized spacial score (nSPS) is 14.7. The van der Waals surface area contributed by atoms with E-state index in [0.29, 0.717) is 24.4 Å². The molecule has 2 amide bonds. The van der Waals surface area contributed by atoms with E-state index in [1.165, 1.54) is 18.2 Å². The molecular formula is C37H39N3O6. The number of nitrogens with zero attached hydrogens (tertiary/aromatic N) is 2. The number of ether oxygens (including phenoxy) is 2. The van der Waals surface area contributed by atoms with E-state index >= 15 is 0 Å². The van der Waals surface area contributed by atoms with Crippen molar-refractivity contribution in [2.24, 2.45) is 0 Å². The Bertz CT molecular complexity index is 1520. The first-order valence-corrected chi connectivity index (χ1v) is 15.4. The second kappa shape index (κ2) is 15.8. The highest BCUT2D eigenvalue weighted by Crippen LogP contribution is 2.29. The van der Waals surface area contributed by atoms with E-state index in [1.54, 1.807) is 24.3 Å². The molecule has 0 aliphatic carbocycles. The molecule has 1 saturated heterocycles. The fourth-order valence-corrected chi connectivity index (χ4v) is 5.70. The van der Waals surface area contributed by atoms with Crippen LogP contribution in [-0.4, -0.2) is 84.7 Å². The Kier molecular flexibility index (Phi) is 11.2. The number of rotatable bonds is 12. The molecular weight excluding hydrogens is 582 g/mol. The van der Waals surface area contributed by atoms with Crippen LogP contribution in [0.4, 0.5) is 0 Å². The molecule has 0 spiro atoms. The Balaban J connectivity index is 1.13. The van der Waals surface area contributed by atoms with Gasteiger partial charge in [0.1, 0.15) is 5.75 Å². The number of hydrogen-bond donors (Lipinski definition) is 2. The van der Waals surface area contributed by atoms with Crippen LogP contribution in [0.5, 0.6) is 5.75 Å². The molecule has 1 heterocycles. The molecule has 2 atom stereocenters. The van der Waals surface area contributed by atoms with Crippen LogP contribution in [0, 0.1) is 0 Å². The number of aliphatic hydroxyl groups is 1. The van der Waals surface area contributed by atoms with Crippen molar-refractivity contribution in [1.29, 1.82) is 0 Å². The van der Waals surface area contributed by atoms with Crippen molar-refractivity contribution in [2.75, 3.05) is 39.9 Å². The molecule has 9 heteroatoms. The highest BCUT2D eigenvalue weighted by molar-refractivity contribution is 5.95. The number of carbonyl (C=O) groups excluding carboxylic acids is 3. The number of methoxy groups -OCH3 is 1. The third-order valence-electron chi connectivity index (χ3n) is 8.18. The largest absolute Gasteiger partial charge is 0.484 e. The van der Waals surface area contributed by atoms with Gasteiger partial charge in [-0.15, -0.1) is 0 Å². The molecule has 238 valence electrons. The third kappa shape index (κ3) is 8.38. The summed E-state index contributed by atoms with van der Waals surface area (Å²) in [6, 6.07) is 35.7. The van der Waals surface area contributed by atoms with Crippen molar-refractivity contribution < 1.29 is 29.0 Å². The first-order valence-electron chi connectivity index (χ1n) is 15.4. The molecule has 9 nitrogen and oxygen atoms in total. The monoisotopic (exact) mass is 621 g/mol. The summed E-state index contributed by atoms with van der Waals surface area (Å²) >= 11 is 0. The van der Waals surface area contributed by atoms with Crippen molar-refractivity contribution >= 4 is 17.8 Å². The second-order valence-corrected chi connectivity index (χ2v) is 11.2. The lowest BCUT2D eigenvalue weighted by atomic mass is 9.96. The van der Waals surface area contributed by atoms with E-state index in [1.807, 2.05) is 47.4 Å². The predicted octanol–water partition coefficient (Wildman–Crippen LogP) is 3.87. The average molecular weight is 622 g/mol. The van der Waals surface area contributed by atoms with Crippen molar-refractivity contribution in [3.63, 3.8) is 0 Å². The van der Waals surface area contributed by atoms with Gasteiger partial charge in [-0.05, 0) is 47.4 Å². The zero-order valence-electron chi connectivity index (χ0n) is 25.8. The SMILES string of the molecule is COC(=O)[C@H](O)[C@H](Cc1ccccc1)NC(=O)c1ccc(OCC(=O)N2CCN(C(c3ccccc3)c3ccccc3)CC2)cc1. The van der Waals surface area contributed by atoms with Crippen molar-refractivity contribution in [2.45, 2.75) is 24.6 Å². The van der Waals surface area contributed by atoms with Gasteiger partial charge < -0.3 is 24.8 Å². The fourth-order valence-electron chi connectivity index (χ4n) is 5.70. The van der Waals surface area contributed by atoms with Gasteiger partial charge in [0.05, 0.1) is 19.2 Å². The van der Waals surface area contributed by atoms with Crippen LogP contribution in [0.3, 0.4) is 0 Å². The summed E-state index contributed by atoms with van der Waals surface area (Å²) in [4.78, 5) is 42.3. The molecule has 1 aliphatic heterocycles. The Morgan fingerprint density at radius 2 is 1.30 bits per heavy atom. The van der Waals surface area contributed by atoms with Gasteiger partial charge in [-0.3, -0.25) is 14.5 Å². The zero-order chi connectivity index (χ0) is 32.3. The van der Waals surface area contributed by atoms with Crippen LogP contribution >= 0.6 is 0 Å². The number of benzene rings is 4. The molecule has 0 radical (unpaired) electrons. The molecule has 1 fully saturated rings. The maximum atomic E-state index is 13.0. The first kappa shape index (κ1) is 32.4. The lowest BCUT2D eigenvalue weighted by molar-refractivity contribution is -0.151. The summed E-state index contributed by atoms with van der Waals surface area (Å²) in [6.45, 7) is 2.55. The number of aliphatic hydroxyl groups excluding tert-OH is 1. The van der Waals surface area contributed by atoms with E-state index < -0.39 is 24.0 Å². The van der Waals surface area contributed by atoms with Crippen molar-refractivity contribution in [1.82, 2.24) is 15.1 Å². The van der Waals surface area contributed by atoms with Crippen LogP contribution in [0.15, 0.2) is 115 Å². The molecule has 46 heavy (non-hydrogen) atoms. The Hall–Kier alpha value is -4.99. The van der Waals surface area contributed by atoms with E-state index in [-0.39, 0.29) is 25.0 Å². The van der Waals surface area contributed by atoms with Gasteiger partial charge in [0, 0.05) is 31.7 Å². The maximum absolute atomic E-state index is 13.0. The first-order chi connectivity index (χ1) is 22.4. The third-order valence-corrected chi connectivity index (χ3v) is 8.18. The van der Waals surface area contributed by atoms with Crippen LogP contribution in [-0.2, 0) is 20.7 Å². The minimum atomic E-state index is -1.53. The quantitative estimate of drug-likeness (QED) is 0.231. The summed E-state index contributed by atoms with van der Waals surface area (Å²) in [5, 5.41) is 13.3. The molecule has 0 saturated carbocycles. The Labute approximate surface area is 269 Å². The van der Waals surface area contributed by atoms with E-state index in [2.05, 4.69) is 63.5 Å². The molecule has 5 rings (SSSR count). The van der Waals surface area contributed by atoms with E-state index in [0.717, 1.165) is 18.7 Å². The highest BCUT2D eigenvalue weighted by atomic mass is 16.5. The van der Waals surface area contributed by atoms with Gasteiger partial charge in [0.2, 0.25) is 0 Å². The van der Waals surface area contributed by atoms with Gasteiger partial charge in [-0.25, -0.2) is 4.79 Å². The molecule has 4 aromatic carbocycles. The fraction of sp³-hybridized carbons (Fsp3) is 0.270. The summed E-state index contributed by atoms with van der Waals surface area (Å²) in [5.74, 6) is -0.942. The van der Waals surface area contributed by atoms with Gasteiger partial charge >= 0.3 is 5.97 Å². The second-order valence-electron chi connectivity index (χ2n) is 11.2. The standard InChI is InChI=1S/C37H39N3O6/c1-45-37(44)35(42)32(25-27-11-5-2-6-12-27)38-36(43)30-17-19-31(20-18-30)46-26-33(41)39-21-23-40(24-22-39)34(28-13-7-3-8-14-28)29-15-9-4-10-16-29/h2-20,32,34-35,42H,21-26H2,1H3,(H,38,43)/t32-,35+/m0/s1. The van der Waals surface area contributed by atoms with Gasteiger partial charge in [-0.1, -0.05) is 91.0 Å². The topological polar surface area (TPSA) is 108 Å². The predicted molar refractivity (Wildman–Crippen MR) is 174 cm³/mol. The van der Waals surface area contributed by atoms with Gasteiger partial charge in [0.25, 0.3) is 11.8 Å². The number of amides is 2. The van der Waals surface area contributed by atoms with Gasteiger partial charge in [0.15, 0.2) is 12.7 Å². The zero-order valence-corrected chi connectivity index (χ0v) is 25.8. The Morgan fingerprint density at radius 1 is 0.761 bits per heavy atom. The molecule has 1 aliphatic rings. The van der Waals surface area contributed by atoms with Crippen LogP contribution in [0.25, 0.3) is 0 Å². The Morgan fingerprint density at radius 3 is 1.85 bits per heavy atom. The number of hydrogen-bond acceptors (Lipinski definition) is 7. The molecule has 4 aromatic rings. The molecule has 0 unspecified atom stereocenters. The van der Waals surface area contributed by atoms with E-state index in [4.69, 9.17) is 4.74 Å². The van der Waals surface area contributed by atoms with Crippen molar-refractivity contribution in [3.05, 3.63) is 138 Å². The van der Waals surface area contributed by atoms with Crippen molar-refractivity contribution in [3.8, 4) is 5.75 Å². The minimum absolute atomic E-state index is 0.0991.